The van der Waals surface area contributed by atoms with Gasteiger partial charge in [-0.1, -0.05) is 23.4 Å². The number of nitrogens with zero attached hydrogens (tertiary/aromatic N) is 3. The van der Waals surface area contributed by atoms with Crippen LogP contribution >= 0.6 is 0 Å². The van der Waals surface area contributed by atoms with Gasteiger partial charge in [0, 0.05) is 17.7 Å². The Labute approximate surface area is 152 Å². The second-order valence-electron chi connectivity index (χ2n) is 5.87. The molecule has 134 valence electrons. The zero-order valence-corrected chi connectivity index (χ0v) is 15.1. The lowest BCUT2D eigenvalue weighted by Gasteiger charge is -2.19. The molecule has 0 saturated heterocycles. The molecule has 1 amide bonds. The van der Waals surface area contributed by atoms with E-state index in [2.05, 4.69) is 10.1 Å². The highest BCUT2D eigenvalue weighted by Crippen LogP contribution is 2.20. The summed E-state index contributed by atoms with van der Waals surface area (Å²) in [5, 5.41) is 4.01. The molecule has 3 aromatic rings. The summed E-state index contributed by atoms with van der Waals surface area (Å²) in [5.74, 6) is 1.61. The standard InChI is InChI=1S/C20H21N3O3/c1-4-23(20(24)17-8-6-5-7-14(17)2)13-18-21-19(22-26-18)15-9-11-16(25-3)12-10-15/h5-12H,4,13H2,1-3H3. The van der Waals surface area contributed by atoms with Crippen molar-refractivity contribution in [1.82, 2.24) is 15.0 Å². The number of hydrogen-bond acceptors (Lipinski definition) is 5. The number of aromatic nitrogens is 2. The van der Waals surface area contributed by atoms with Crippen LogP contribution < -0.4 is 4.74 Å². The first-order chi connectivity index (χ1) is 12.6. The smallest absolute Gasteiger partial charge is 0.254 e. The van der Waals surface area contributed by atoms with E-state index in [-0.39, 0.29) is 12.5 Å². The van der Waals surface area contributed by atoms with Gasteiger partial charge in [-0.05, 0) is 49.7 Å². The molecule has 1 heterocycles. The molecule has 0 bridgehead atoms. The van der Waals surface area contributed by atoms with Gasteiger partial charge in [0.05, 0.1) is 7.11 Å². The van der Waals surface area contributed by atoms with Crippen molar-refractivity contribution >= 4 is 5.91 Å². The molecular weight excluding hydrogens is 330 g/mol. The van der Waals surface area contributed by atoms with Gasteiger partial charge in [0.1, 0.15) is 12.3 Å². The van der Waals surface area contributed by atoms with Crippen LogP contribution in [0.2, 0.25) is 0 Å². The summed E-state index contributed by atoms with van der Waals surface area (Å²) < 4.78 is 10.5. The molecule has 0 unspecified atom stereocenters. The van der Waals surface area contributed by atoms with Crippen LogP contribution in [0.4, 0.5) is 0 Å². The molecule has 0 aliphatic rings. The fourth-order valence-electron chi connectivity index (χ4n) is 2.65. The fraction of sp³-hybridized carbons (Fsp3) is 0.250. The van der Waals surface area contributed by atoms with Gasteiger partial charge in [0.2, 0.25) is 11.7 Å². The molecule has 0 atom stereocenters. The Morgan fingerprint density at radius 1 is 1.15 bits per heavy atom. The highest BCUT2D eigenvalue weighted by atomic mass is 16.5. The van der Waals surface area contributed by atoms with Crippen molar-refractivity contribution in [3.63, 3.8) is 0 Å². The van der Waals surface area contributed by atoms with Crippen molar-refractivity contribution in [2.24, 2.45) is 0 Å². The van der Waals surface area contributed by atoms with Gasteiger partial charge in [0.15, 0.2) is 0 Å². The Bertz CT molecular complexity index is 887. The minimum atomic E-state index is -0.0465. The number of methoxy groups -OCH3 is 1. The van der Waals surface area contributed by atoms with Crippen LogP contribution in [0.15, 0.2) is 53.1 Å². The summed E-state index contributed by atoms with van der Waals surface area (Å²) in [6.07, 6.45) is 0. The van der Waals surface area contributed by atoms with Crippen LogP contribution in [0.5, 0.6) is 5.75 Å². The Morgan fingerprint density at radius 3 is 2.54 bits per heavy atom. The number of hydrogen-bond donors (Lipinski definition) is 0. The van der Waals surface area contributed by atoms with E-state index >= 15 is 0 Å². The Kier molecular flexibility index (Phi) is 5.31. The van der Waals surface area contributed by atoms with E-state index < -0.39 is 0 Å². The second kappa shape index (κ2) is 7.82. The largest absolute Gasteiger partial charge is 0.497 e. The topological polar surface area (TPSA) is 68.5 Å². The van der Waals surface area contributed by atoms with Crippen molar-refractivity contribution < 1.29 is 14.1 Å². The minimum absolute atomic E-state index is 0.0465. The normalized spacial score (nSPS) is 10.6. The molecule has 0 aliphatic carbocycles. The Morgan fingerprint density at radius 2 is 1.88 bits per heavy atom. The van der Waals surface area contributed by atoms with Crippen LogP contribution in [-0.2, 0) is 6.54 Å². The highest BCUT2D eigenvalue weighted by Gasteiger charge is 2.19. The number of amides is 1. The molecule has 0 saturated carbocycles. The molecule has 3 rings (SSSR count). The average Bonchev–Trinajstić information content (AvgIpc) is 3.14. The Hall–Kier alpha value is -3.15. The molecule has 2 aromatic carbocycles. The van der Waals surface area contributed by atoms with Crippen molar-refractivity contribution in [1.29, 1.82) is 0 Å². The third kappa shape index (κ3) is 3.74. The SMILES string of the molecule is CCN(Cc1nc(-c2ccc(OC)cc2)no1)C(=O)c1ccccc1C. The predicted octanol–water partition coefficient (Wildman–Crippen LogP) is 3.72. The van der Waals surface area contributed by atoms with Crippen LogP contribution in [0.25, 0.3) is 11.4 Å². The molecular formula is C20H21N3O3. The third-order valence-corrected chi connectivity index (χ3v) is 4.19. The molecule has 6 nitrogen and oxygen atoms in total. The number of aryl methyl sites for hydroxylation is 1. The van der Waals surface area contributed by atoms with E-state index in [1.165, 1.54) is 0 Å². The van der Waals surface area contributed by atoms with Crippen molar-refractivity contribution in [3.05, 3.63) is 65.5 Å². The van der Waals surface area contributed by atoms with Gasteiger partial charge >= 0.3 is 0 Å². The second-order valence-corrected chi connectivity index (χ2v) is 5.87. The van der Waals surface area contributed by atoms with Crippen molar-refractivity contribution in [2.45, 2.75) is 20.4 Å². The average molecular weight is 351 g/mol. The molecule has 1 aromatic heterocycles. The molecule has 0 fully saturated rings. The quantitative estimate of drug-likeness (QED) is 0.677. The molecule has 0 radical (unpaired) electrons. The number of carbonyl (C=O) groups is 1. The van der Waals surface area contributed by atoms with E-state index in [0.717, 1.165) is 16.9 Å². The number of carbonyl (C=O) groups excluding carboxylic acids is 1. The fourth-order valence-corrected chi connectivity index (χ4v) is 2.65. The summed E-state index contributed by atoms with van der Waals surface area (Å²) in [6.45, 7) is 4.67. The minimum Gasteiger partial charge on any atom is -0.497 e. The maximum Gasteiger partial charge on any atom is 0.254 e. The zero-order chi connectivity index (χ0) is 18.5. The van der Waals surface area contributed by atoms with E-state index in [9.17, 15) is 4.79 Å². The van der Waals surface area contributed by atoms with Crippen molar-refractivity contribution in [3.8, 4) is 17.1 Å². The first kappa shape index (κ1) is 17.7. The van der Waals surface area contributed by atoms with Crippen LogP contribution in [-0.4, -0.2) is 34.6 Å². The number of benzene rings is 2. The Balaban J connectivity index is 1.76. The summed E-state index contributed by atoms with van der Waals surface area (Å²) >= 11 is 0. The van der Waals surface area contributed by atoms with Gasteiger partial charge in [-0.3, -0.25) is 4.79 Å². The van der Waals surface area contributed by atoms with Crippen molar-refractivity contribution in [2.75, 3.05) is 13.7 Å². The maximum atomic E-state index is 12.8. The van der Waals surface area contributed by atoms with Gasteiger partial charge in [0.25, 0.3) is 5.91 Å². The maximum absolute atomic E-state index is 12.8. The van der Waals surface area contributed by atoms with Gasteiger partial charge in [-0.2, -0.15) is 4.98 Å². The summed E-state index contributed by atoms with van der Waals surface area (Å²) in [6, 6.07) is 14.9. The number of rotatable bonds is 6. The zero-order valence-electron chi connectivity index (χ0n) is 15.1. The molecule has 26 heavy (non-hydrogen) atoms. The predicted molar refractivity (Wildman–Crippen MR) is 97.9 cm³/mol. The van der Waals surface area contributed by atoms with Gasteiger partial charge < -0.3 is 14.2 Å². The van der Waals surface area contributed by atoms with Gasteiger partial charge in [-0.25, -0.2) is 0 Å². The monoisotopic (exact) mass is 351 g/mol. The highest BCUT2D eigenvalue weighted by molar-refractivity contribution is 5.95. The summed E-state index contributed by atoms with van der Waals surface area (Å²) in [7, 11) is 1.62. The first-order valence-electron chi connectivity index (χ1n) is 8.44. The first-order valence-corrected chi connectivity index (χ1v) is 8.44. The van der Waals surface area contributed by atoms with Crippen LogP contribution in [0.3, 0.4) is 0 Å². The van der Waals surface area contributed by atoms with E-state index in [0.29, 0.717) is 23.8 Å². The molecule has 0 aliphatic heterocycles. The lowest BCUT2D eigenvalue weighted by atomic mass is 10.1. The van der Waals surface area contributed by atoms with E-state index in [1.807, 2.05) is 62.4 Å². The molecule has 0 N–H and O–H groups in total. The lowest BCUT2D eigenvalue weighted by molar-refractivity contribution is 0.0734. The van der Waals surface area contributed by atoms with Gasteiger partial charge in [-0.15, -0.1) is 0 Å². The van der Waals surface area contributed by atoms with Crippen LogP contribution in [0.1, 0.15) is 28.7 Å². The summed E-state index contributed by atoms with van der Waals surface area (Å²) in [4.78, 5) is 18.9. The number of ether oxygens (including phenoxy) is 1. The third-order valence-electron chi connectivity index (χ3n) is 4.19. The van der Waals surface area contributed by atoms with E-state index in [4.69, 9.17) is 9.26 Å². The van der Waals surface area contributed by atoms with E-state index in [1.54, 1.807) is 12.0 Å². The van der Waals surface area contributed by atoms with Crippen LogP contribution in [0, 0.1) is 6.92 Å². The lowest BCUT2D eigenvalue weighted by Crippen LogP contribution is -2.30. The molecule has 6 heteroatoms. The molecule has 0 spiro atoms. The summed E-state index contributed by atoms with van der Waals surface area (Å²) in [5.41, 5.74) is 2.46.